The molecule has 1 aliphatic rings. The van der Waals surface area contributed by atoms with E-state index in [9.17, 15) is 14.7 Å². The second-order valence-electron chi connectivity index (χ2n) is 9.44. The monoisotopic (exact) mass is 565 g/mol. The molecule has 210 valence electrons. The maximum Gasteiger partial charge on any atom is 0.262 e. The Morgan fingerprint density at radius 3 is 2.66 bits per heavy atom. The number of ether oxygens (including phenoxy) is 1. The van der Waals surface area contributed by atoms with Gasteiger partial charge in [-0.05, 0) is 74.9 Å². The molecular formula is C29H41Cl2N3O4. The van der Waals surface area contributed by atoms with Crippen molar-refractivity contribution in [1.29, 1.82) is 0 Å². The van der Waals surface area contributed by atoms with Gasteiger partial charge in [0.2, 0.25) is 5.91 Å². The molecule has 0 radical (unpaired) electrons. The zero-order chi connectivity index (χ0) is 26.8. The van der Waals surface area contributed by atoms with Gasteiger partial charge in [-0.2, -0.15) is 0 Å². The van der Waals surface area contributed by atoms with Crippen LogP contribution in [0.15, 0.2) is 30.3 Å². The molecule has 0 aliphatic carbocycles. The highest BCUT2D eigenvalue weighted by Crippen LogP contribution is 2.39. The number of phenolic OH excluding ortho intramolecular Hbond substituents is 1. The number of carbonyl (C=O) groups excluding carboxylic acids is 2. The van der Waals surface area contributed by atoms with Crippen LogP contribution in [0, 0.1) is 0 Å². The van der Waals surface area contributed by atoms with Crippen molar-refractivity contribution >= 4 is 40.7 Å². The number of carbonyl (C=O) groups is 2. The maximum absolute atomic E-state index is 12.9. The fourth-order valence-corrected chi connectivity index (χ4v) is 4.71. The summed E-state index contributed by atoms with van der Waals surface area (Å²) < 4.78 is 5.57. The normalized spacial score (nSPS) is 13.1. The van der Waals surface area contributed by atoms with Crippen LogP contribution in [0.4, 0.5) is 5.69 Å². The molecule has 1 aliphatic heterocycles. The molecule has 2 aromatic rings. The number of fused-ring (bicyclic) bond motifs is 1. The first-order chi connectivity index (χ1) is 17.8. The third-order valence-electron chi connectivity index (χ3n) is 6.71. The highest BCUT2D eigenvalue weighted by atomic mass is 35.5. The Balaban J connectivity index is 0.00000507. The van der Waals surface area contributed by atoms with Gasteiger partial charge in [-0.25, -0.2) is 0 Å². The maximum atomic E-state index is 12.9. The van der Waals surface area contributed by atoms with Gasteiger partial charge >= 0.3 is 0 Å². The van der Waals surface area contributed by atoms with Crippen LogP contribution in [-0.2, 0) is 22.4 Å². The standard InChI is InChI=1S/C28H37Cl2N3O4.CH4/c1-3-19(2)33(26(36)13-15-31-14-12-20-8-10-22(29)23(30)17-20)16-6-4-5-7-21-9-11-24(34)27-28(21)37-18-25(35)32-27;/h8-11,17,19,31,34H,3-7,12-16,18H2,1-2H3,(H,32,35);1H4/t19-;/m1./s1. The van der Waals surface area contributed by atoms with Crippen molar-refractivity contribution < 1.29 is 19.4 Å². The van der Waals surface area contributed by atoms with E-state index >= 15 is 0 Å². The molecule has 0 saturated carbocycles. The molecule has 0 fully saturated rings. The van der Waals surface area contributed by atoms with Crippen LogP contribution in [0.5, 0.6) is 11.5 Å². The summed E-state index contributed by atoms with van der Waals surface area (Å²) in [4.78, 5) is 26.5. The van der Waals surface area contributed by atoms with Crippen LogP contribution < -0.4 is 15.4 Å². The number of hydrogen-bond acceptors (Lipinski definition) is 5. The van der Waals surface area contributed by atoms with Crippen molar-refractivity contribution in [1.82, 2.24) is 10.2 Å². The average molecular weight is 567 g/mol. The number of nitrogens with zero attached hydrogens (tertiary/aromatic N) is 1. The second kappa shape index (κ2) is 15.8. The molecule has 38 heavy (non-hydrogen) atoms. The summed E-state index contributed by atoms with van der Waals surface area (Å²) >= 11 is 12.0. The fraction of sp³-hybridized carbons (Fsp3) is 0.517. The largest absolute Gasteiger partial charge is 0.506 e. The quantitative estimate of drug-likeness (QED) is 0.186. The highest BCUT2D eigenvalue weighted by Gasteiger charge is 2.22. The molecule has 3 rings (SSSR count). The fourth-order valence-electron chi connectivity index (χ4n) is 4.39. The molecule has 1 heterocycles. The summed E-state index contributed by atoms with van der Waals surface area (Å²) in [5.41, 5.74) is 2.43. The van der Waals surface area contributed by atoms with E-state index in [0.29, 0.717) is 34.4 Å². The van der Waals surface area contributed by atoms with Crippen LogP contribution >= 0.6 is 23.2 Å². The van der Waals surface area contributed by atoms with Crippen molar-refractivity contribution in [3.8, 4) is 11.5 Å². The predicted octanol–water partition coefficient (Wildman–Crippen LogP) is 6.23. The van der Waals surface area contributed by atoms with E-state index in [1.165, 1.54) is 0 Å². The van der Waals surface area contributed by atoms with Crippen molar-refractivity contribution in [2.75, 3.05) is 31.6 Å². The van der Waals surface area contributed by atoms with Crippen LogP contribution in [0.1, 0.15) is 64.5 Å². The molecule has 0 saturated heterocycles. The number of unbranched alkanes of at least 4 members (excludes halogenated alkanes) is 2. The Morgan fingerprint density at radius 1 is 1.13 bits per heavy atom. The van der Waals surface area contributed by atoms with Gasteiger partial charge in [-0.15, -0.1) is 0 Å². The van der Waals surface area contributed by atoms with Crippen molar-refractivity contribution in [2.45, 2.75) is 72.3 Å². The predicted molar refractivity (Wildman–Crippen MR) is 156 cm³/mol. The van der Waals surface area contributed by atoms with E-state index in [0.717, 1.165) is 62.7 Å². The number of phenols is 1. The second-order valence-corrected chi connectivity index (χ2v) is 10.3. The topological polar surface area (TPSA) is 90.9 Å². The SMILES string of the molecule is C.CC[C@@H](C)N(CCCCCc1ccc(O)c2c1OCC(=O)N2)C(=O)CCNCCc1ccc(Cl)c(Cl)c1. The molecule has 0 spiro atoms. The average Bonchev–Trinajstić information content (AvgIpc) is 2.88. The lowest BCUT2D eigenvalue weighted by Gasteiger charge is -2.29. The summed E-state index contributed by atoms with van der Waals surface area (Å²) in [6, 6.07) is 9.28. The first-order valence-corrected chi connectivity index (χ1v) is 13.8. The van der Waals surface area contributed by atoms with E-state index in [1.807, 2.05) is 23.1 Å². The van der Waals surface area contributed by atoms with Crippen molar-refractivity contribution in [2.24, 2.45) is 0 Å². The number of aryl methyl sites for hydroxylation is 1. The lowest BCUT2D eigenvalue weighted by atomic mass is 10.0. The minimum Gasteiger partial charge on any atom is -0.506 e. The molecule has 0 bridgehead atoms. The third kappa shape index (κ3) is 9.07. The molecule has 1 atom stereocenters. The van der Waals surface area contributed by atoms with E-state index in [2.05, 4.69) is 24.5 Å². The zero-order valence-corrected chi connectivity index (χ0v) is 23.1. The van der Waals surface area contributed by atoms with E-state index in [4.69, 9.17) is 27.9 Å². The van der Waals surface area contributed by atoms with Crippen LogP contribution in [0.2, 0.25) is 10.0 Å². The molecule has 2 aromatic carbocycles. The Labute approximate surface area is 236 Å². The lowest BCUT2D eigenvalue weighted by Crippen LogP contribution is -2.40. The van der Waals surface area contributed by atoms with Gasteiger partial charge in [0.25, 0.3) is 5.91 Å². The lowest BCUT2D eigenvalue weighted by molar-refractivity contribution is -0.133. The van der Waals surface area contributed by atoms with Crippen molar-refractivity contribution in [3.63, 3.8) is 0 Å². The number of amides is 2. The zero-order valence-electron chi connectivity index (χ0n) is 21.6. The molecular weight excluding hydrogens is 525 g/mol. The Hall–Kier alpha value is -2.48. The summed E-state index contributed by atoms with van der Waals surface area (Å²) in [6.07, 6.45) is 5.78. The highest BCUT2D eigenvalue weighted by molar-refractivity contribution is 6.42. The summed E-state index contributed by atoms with van der Waals surface area (Å²) in [5, 5.41) is 17.2. The number of anilines is 1. The number of hydrogen-bond donors (Lipinski definition) is 3. The summed E-state index contributed by atoms with van der Waals surface area (Å²) in [6.45, 7) is 6.30. The van der Waals surface area contributed by atoms with Gasteiger partial charge in [0.05, 0.1) is 10.0 Å². The molecule has 9 heteroatoms. The third-order valence-corrected chi connectivity index (χ3v) is 7.45. The molecule has 0 aromatic heterocycles. The Kier molecular flexibility index (Phi) is 13.2. The summed E-state index contributed by atoms with van der Waals surface area (Å²) in [7, 11) is 0. The van der Waals surface area contributed by atoms with Crippen molar-refractivity contribution in [3.05, 3.63) is 51.5 Å². The van der Waals surface area contributed by atoms with E-state index < -0.39 is 0 Å². The van der Waals surface area contributed by atoms with Crippen LogP contribution in [0.3, 0.4) is 0 Å². The molecule has 2 amide bonds. The van der Waals surface area contributed by atoms with Gasteiger partial charge < -0.3 is 25.4 Å². The molecule has 7 nitrogen and oxygen atoms in total. The van der Waals surface area contributed by atoms with Gasteiger partial charge in [0.1, 0.15) is 11.4 Å². The first-order valence-electron chi connectivity index (χ1n) is 13.0. The van der Waals surface area contributed by atoms with Crippen LogP contribution in [0.25, 0.3) is 0 Å². The Morgan fingerprint density at radius 2 is 1.92 bits per heavy atom. The molecule has 0 unspecified atom stereocenters. The van der Waals surface area contributed by atoms with E-state index in [1.54, 1.807) is 12.1 Å². The van der Waals surface area contributed by atoms with Crippen LogP contribution in [-0.4, -0.2) is 54.1 Å². The van der Waals surface area contributed by atoms with E-state index in [-0.39, 0.29) is 37.6 Å². The Bertz CT molecular complexity index is 1080. The van der Waals surface area contributed by atoms with Gasteiger partial charge in [-0.3, -0.25) is 9.59 Å². The smallest absolute Gasteiger partial charge is 0.262 e. The number of aromatic hydroxyl groups is 1. The minimum absolute atomic E-state index is 0. The van der Waals surface area contributed by atoms with Gasteiger partial charge in [0.15, 0.2) is 12.4 Å². The number of rotatable bonds is 14. The number of halogens is 2. The number of nitrogens with one attached hydrogen (secondary N) is 2. The number of benzene rings is 2. The minimum atomic E-state index is -0.267. The summed E-state index contributed by atoms with van der Waals surface area (Å²) in [5.74, 6) is 0.477. The van der Waals surface area contributed by atoms with Gasteiger partial charge in [0, 0.05) is 25.6 Å². The van der Waals surface area contributed by atoms with Gasteiger partial charge in [-0.1, -0.05) is 56.1 Å². The first kappa shape index (κ1) is 31.7. The molecule has 3 N–H and O–H groups in total.